The fourth-order valence-corrected chi connectivity index (χ4v) is 1.63. The predicted molar refractivity (Wildman–Crippen MR) is 69.8 cm³/mol. The molecule has 0 unspecified atom stereocenters. The Morgan fingerprint density at radius 1 is 1.11 bits per heavy atom. The topological polar surface area (TPSA) is 63.6 Å². The van der Waals surface area contributed by atoms with Gasteiger partial charge in [-0.1, -0.05) is 6.92 Å². The van der Waals surface area contributed by atoms with Crippen LogP contribution in [0.1, 0.15) is 24.7 Å². The standard InChI is InChI=1S/C13H17N5/c1-3-5-14-9-11-8-10(2)17-13(18-11)12-15-6-4-7-16-12/h4,6-8,14H,3,5,9H2,1-2H3. The molecular formula is C13H17N5. The molecule has 5 nitrogen and oxygen atoms in total. The summed E-state index contributed by atoms with van der Waals surface area (Å²) in [6.07, 6.45) is 4.50. The van der Waals surface area contributed by atoms with Gasteiger partial charge in [-0.25, -0.2) is 19.9 Å². The van der Waals surface area contributed by atoms with Crippen LogP contribution in [0.25, 0.3) is 11.6 Å². The van der Waals surface area contributed by atoms with Crippen molar-refractivity contribution in [3.8, 4) is 11.6 Å². The van der Waals surface area contributed by atoms with E-state index in [4.69, 9.17) is 0 Å². The van der Waals surface area contributed by atoms with E-state index < -0.39 is 0 Å². The van der Waals surface area contributed by atoms with Crippen molar-refractivity contribution in [3.05, 3.63) is 35.9 Å². The van der Waals surface area contributed by atoms with Gasteiger partial charge in [-0.15, -0.1) is 0 Å². The third-order valence-electron chi connectivity index (χ3n) is 2.41. The number of hydrogen-bond donors (Lipinski definition) is 1. The van der Waals surface area contributed by atoms with Gasteiger partial charge in [0.05, 0.1) is 5.69 Å². The molecule has 0 atom stereocenters. The minimum absolute atomic E-state index is 0.568. The molecule has 5 heteroatoms. The number of rotatable bonds is 5. The molecule has 0 radical (unpaired) electrons. The quantitative estimate of drug-likeness (QED) is 0.810. The Bertz CT molecular complexity index is 498. The second-order valence-electron chi connectivity index (χ2n) is 4.07. The molecule has 0 saturated carbocycles. The molecule has 0 spiro atoms. The molecule has 0 amide bonds. The first-order chi connectivity index (χ1) is 8.79. The summed E-state index contributed by atoms with van der Waals surface area (Å²) in [5.74, 6) is 1.15. The molecule has 0 aliphatic heterocycles. The SMILES string of the molecule is CCCNCc1cc(C)nc(-c2ncccn2)n1. The molecule has 18 heavy (non-hydrogen) atoms. The molecule has 0 aliphatic carbocycles. The van der Waals surface area contributed by atoms with Gasteiger partial charge in [0.2, 0.25) is 0 Å². The number of nitrogens with one attached hydrogen (secondary N) is 1. The van der Waals surface area contributed by atoms with E-state index in [1.807, 2.05) is 13.0 Å². The van der Waals surface area contributed by atoms with E-state index in [9.17, 15) is 0 Å². The molecule has 0 saturated heterocycles. The molecule has 94 valence electrons. The highest BCUT2D eigenvalue weighted by Crippen LogP contribution is 2.10. The van der Waals surface area contributed by atoms with Crippen molar-refractivity contribution in [2.75, 3.05) is 6.54 Å². The number of hydrogen-bond acceptors (Lipinski definition) is 5. The van der Waals surface area contributed by atoms with Crippen LogP contribution in [-0.4, -0.2) is 26.5 Å². The normalized spacial score (nSPS) is 10.6. The van der Waals surface area contributed by atoms with Crippen LogP contribution in [0.5, 0.6) is 0 Å². The zero-order chi connectivity index (χ0) is 12.8. The van der Waals surface area contributed by atoms with E-state index >= 15 is 0 Å². The molecule has 1 N–H and O–H groups in total. The molecule has 2 aromatic heterocycles. The fraction of sp³-hybridized carbons (Fsp3) is 0.385. The summed E-state index contributed by atoms with van der Waals surface area (Å²) in [7, 11) is 0. The largest absolute Gasteiger partial charge is 0.311 e. The molecule has 0 aromatic carbocycles. The van der Waals surface area contributed by atoms with Crippen molar-refractivity contribution in [1.82, 2.24) is 25.3 Å². The van der Waals surface area contributed by atoms with E-state index in [0.717, 1.165) is 30.9 Å². The summed E-state index contributed by atoms with van der Waals surface area (Å²) in [6, 6.07) is 3.76. The maximum atomic E-state index is 4.48. The van der Waals surface area contributed by atoms with Gasteiger partial charge in [0.25, 0.3) is 0 Å². The highest BCUT2D eigenvalue weighted by molar-refractivity contribution is 5.42. The van der Waals surface area contributed by atoms with Gasteiger partial charge in [0.1, 0.15) is 0 Å². The second kappa shape index (κ2) is 6.16. The maximum Gasteiger partial charge on any atom is 0.198 e. The first-order valence-corrected chi connectivity index (χ1v) is 6.12. The first-order valence-electron chi connectivity index (χ1n) is 6.12. The minimum Gasteiger partial charge on any atom is -0.311 e. The molecule has 0 fully saturated rings. The molecular weight excluding hydrogens is 226 g/mol. The summed E-state index contributed by atoms with van der Waals surface area (Å²) >= 11 is 0. The van der Waals surface area contributed by atoms with Gasteiger partial charge in [-0.3, -0.25) is 0 Å². The number of nitrogens with zero attached hydrogens (tertiary/aromatic N) is 4. The summed E-state index contributed by atoms with van der Waals surface area (Å²) in [5.41, 5.74) is 1.90. The van der Waals surface area contributed by atoms with Crippen molar-refractivity contribution in [2.24, 2.45) is 0 Å². The monoisotopic (exact) mass is 243 g/mol. The Kier molecular flexibility index (Phi) is 4.30. The Balaban J connectivity index is 2.21. The van der Waals surface area contributed by atoms with Gasteiger partial charge < -0.3 is 5.32 Å². The minimum atomic E-state index is 0.568. The van der Waals surface area contributed by atoms with Gasteiger partial charge in [-0.05, 0) is 32.0 Å². The van der Waals surface area contributed by atoms with Gasteiger partial charge in [-0.2, -0.15) is 0 Å². The molecule has 0 bridgehead atoms. The highest BCUT2D eigenvalue weighted by Gasteiger charge is 2.06. The van der Waals surface area contributed by atoms with Gasteiger partial charge in [0, 0.05) is 24.6 Å². The van der Waals surface area contributed by atoms with Crippen molar-refractivity contribution in [3.63, 3.8) is 0 Å². The van der Waals surface area contributed by atoms with Crippen molar-refractivity contribution < 1.29 is 0 Å². The Morgan fingerprint density at radius 2 is 1.89 bits per heavy atom. The smallest absolute Gasteiger partial charge is 0.198 e. The third kappa shape index (κ3) is 3.30. The highest BCUT2D eigenvalue weighted by atomic mass is 15.0. The van der Waals surface area contributed by atoms with Crippen LogP contribution in [0.2, 0.25) is 0 Å². The lowest BCUT2D eigenvalue weighted by Crippen LogP contribution is -2.15. The molecule has 2 aromatic rings. The second-order valence-corrected chi connectivity index (χ2v) is 4.07. The molecule has 2 rings (SSSR count). The van der Waals surface area contributed by atoms with Gasteiger partial charge >= 0.3 is 0 Å². The summed E-state index contributed by atoms with van der Waals surface area (Å²) in [5, 5.41) is 3.33. The molecule has 0 aliphatic rings. The van der Waals surface area contributed by atoms with Crippen LogP contribution in [-0.2, 0) is 6.54 Å². The van der Waals surface area contributed by atoms with Crippen LogP contribution in [0, 0.1) is 6.92 Å². The third-order valence-corrected chi connectivity index (χ3v) is 2.41. The van der Waals surface area contributed by atoms with E-state index in [1.54, 1.807) is 18.5 Å². The lowest BCUT2D eigenvalue weighted by molar-refractivity contribution is 0.662. The summed E-state index contributed by atoms with van der Waals surface area (Å²) in [6.45, 7) is 5.83. The fourth-order valence-electron chi connectivity index (χ4n) is 1.63. The van der Waals surface area contributed by atoms with E-state index in [0.29, 0.717) is 11.6 Å². The zero-order valence-electron chi connectivity index (χ0n) is 10.7. The maximum absolute atomic E-state index is 4.48. The van der Waals surface area contributed by atoms with Crippen LogP contribution in [0.4, 0.5) is 0 Å². The van der Waals surface area contributed by atoms with Crippen LogP contribution >= 0.6 is 0 Å². The summed E-state index contributed by atoms with van der Waals surface area (Å²) < 4.78 is 0. The zero-order valence-corrected chi connectivity index (χ0v) is 10.7. The lowest BCUT2D eigenvalue weighted by atomic mass is 10.3. The van der Waals surface area contributed by atoms with Crippen molar-refractivity contribution in [1.29, 1.82) is 0 Å². The van der Waals surface area contributed by atoms with Crippen molar-refractivity contribution >= 4 is 0 Å². The van der Waals surface area contributed by atoms with Crippen molar-refractivity contribution in [2.45, 2.75) is 26.8 Å². The average molecular weight is 243 g/mol. The first kappa shape index (κ1) is 12.6. The van der Waals surface area contributed by atoms with E-state index in [2.05, 4.69) is 32.2 Å². The van der Waals surface area contributed by atoms with Crippen LogP contribution in [0.3, 0.4) is 0 Å². The Labute approximate surface area is 107 Å². The summed E-state index contributed by atoms with van der Waals surface area (Å²) in [4.78, 5) is 17.2. The number of aromatic nitrogens is 4. The molecule has 2 heterocycles. The van der Waals surface area contributed by atoms with Gasteiger partial charge in [0.15, 0.2) is 11.6 Å². The van der Waals surface area contributed by atoms with Crippen LogP contribution in [0.15, 0.2) is 24.5 Å². The Hall–Kier alpha value is -1.88. The van der Waals surface area contributed by atoms with E-state index in [-0.39, 0.29) is 0 Å². The van der Waals surface area contributed by atoms with E-state index in [1.165, 1.54) is 0 Å². The Morgan fingerprint density at radius 3 is 2.61 bits per heavy atom. The lowest BCUT2D eigenvalue weighted by Gasteiger charge is -2.06. The number of aryl methyl sites for hydroxylation is 1. The average Bonchev–Trinajstić information content (AvgIpc) is 2.39. The predicted octanol–water partition coefficient (Wildman–Crippen LogP) is 1.74. The van der Waals surface area contributed by atoms with Crippen LogP contribution < -0.4 is 5.32 Å².